The number of hydrogen-bond acceptors (Lipinski definition) is 2. The monoisotopic (exact) mass is 237 g/mol. The average Bonchev–Trinajstić information content (AvgIpc) is 2.75. The topological polar surface area (TPSA) is 12.0 Å². The lowest BCUT2D eigenvalue weighted by atomic mass is 9.91. The van der Waals surface area contributed by atoms with Gasteiger partial charge in [0.15, 0.2) is 0 Å². The third kappa shape index (κ3) is 3.08. The van der Waals surface area contributed by atoms with Crippen LogP contribution in [-0.4, -0.2) is 12.6 Å². The molecule has 2 rings (SSSR count). The van der Waals surface area contributed by atoms with Gasteiger partial charge in [-0.1, -0.05) is 26.8 Å². The van der Waals surface area contributed by atoms with Crippen molar-refractivity contribution in [3.63, 3.8) is 0 Å². The molecule has 1 N–H and O–H groups in total. The van der Waals surface area contributed by atoms with Gasteiger partial charge in [-0.25, -0.2) is 0 Å². The summed E-state index contributed by atoms with van der Waals surface area (Å²) >= 11 is 1.87. The number of nitrogens with one attached hydrogen (secondary N) is 1. The van der Waals surface area contributed by atoms with Crippen molar-refractivity contribution < 1.29 is 0 Å². The molecule has 1 nitrogen and oxygen atoms in total. The lowest BCUT2D eigenvalue weighted by Gasteiger charge is -2.18. The molecule has 1 aromatic heterocycles. The molecule has 90 valence electrons. The summed E-state index contributed by atoms with van der Waals surface area (Å²) < 4.78 is 0. The van der Waals surface area contributed by atoms with Crippen LogP contribution in [-0.2, 0) is 6.42 Å². The summed E-state index contributed by atoms with van der Waals surface area (Å²) in [5.74, 6) is 0.832. The van der Waals surface area contributed by atoms with E-state index in [4.69, 9.17) is 0 Å². The van der Waals surface area contributed by atoms with Crippen molar-refractivity contribution in [2.24, 2.45) is 11.3 Å². The highest BCUT2D eigenvalue weighted by Gasteiger charge is 2.35. The molecule has 1 fully saturated rings. The third-order valence-electron chi connectivity index (χ3n) is 3.69. The van der Waals surface area contributed by atoms with Crippen molar-refractivity contribution in [3.8, 4) is 0 Å². The Morgan fingerprint density at radius 2 is 2.25 bits per heavy atom. The Morgan fingerprint density at radius 1 is 1.44 bits per heavy atom. The van der Waals surface area contributed by atoms with E-state index in [-0.39, 0.29) is 0 Å². The van der Waals surface area contributed by atoms with E-state index in [1.165, 1.54) is 24.1 Å². The highest BCUT2D eigenvalue weighted by atomic mass is 32.1. The second kappa shape index (κ2) is 4.89. The Kier molecular flexibility index (Phi) is 3.70. The maximum atomic E-state index is 3.73. The molecule has 0 bridgehead atoms. The number of rotatable bonds is 4. The largest absolute Gasteiger partial charge is 0.313 e. The smallest absolute Gasteiger partial charge is 0.00981 e. The SMILES string of the molecule is CC1CC(C)(C)CC1NCCc1cccs1. The maximum Gasteiger partial charge on any atom is 0.00981 e. The van der Waals surface area contributed by atoms with Gasteiger partial charge in [0.2, 0.25) is 0 Å². The van der Waals surface area contributed by atoms with Crippen LogP contribution in [0.2, 0.25) is 0 Å². The molecule has 2 atom stereocenters. The fourth-order valence-electron chi connectivity index (χ4n) is 3.00. The standard InChI is InChI=1S/C14H23NS/c1-11-9-14(2,3)10-13(11)15-7-6-12-5-4-8-16-12/h4-5,8,11,13,15H,6-7,9-10H2,1-3H3. The summed E-state index contributed by atoms with van der Waals surface area (Å²) in [5.41, 5.74) is 0.542. The van der Waals surface area contributed by atoms with Crippen LogP contribution in [0.3, 0.4) is 0 Å². The van der Waals surface area contributed by atoms with E-state index in [0.29, 0.717) is 5.41 Å². The molecule has 2 unspecified atom stereocenters. The number of hydrogen-bond donors (Lipinski definition) is 1. The molecular formula is C14H23NS. The summed E-state index contributed by atoms with van der Waals surface area (Å²) in [6.45, 7) is 8.30. The fraction of sp³-hybridized carbons (Fsp3) is 0.714. The molecule has 0 aromatic carbocycles. The zero-order valence-electron chi connectivity index (χ0n) is 10.6. The van der Waals surface area contributed by atoms with E-state index in [2.05, 4.69) is 43.6 Å². The molecule has 0 radical (unpaired) electrons. The second-order valence-corrected chi connectivity index (χ2v) is 6.97. The van der Waals surface area contributed by atoms with Crippen molar-refractivity contribution in [1.29, 1.82) is 0 Å². The van der Waals surface area contributed by atoms with Crippen molar-refractivity contribution in [3.05, 3.63) is 22.4 Å². The summed E-state index contributed by atoms with van der Waals surface area (Å²) in [4.78, 5) is 1.50. The quantitative estimate of drug-likeness (QED) is 0.842. The first-order chi connectivity index (χ1) is 7.57. The van der Waals surface area contributed by atoms with E-state index < -0.39 is 0 Å². The molecular weight excluding hydrogens is 214 g/mol. The first-order valence-corrected chi connectivity index (χ1v) is 7.20. The molecule has 0 spiro atoms. The third-order valence-corrected chi connectivity index (χ3v) is 4.63. The average molecular weight is 237 g/mol. The van der Waals surface area contributed by atoms with E-state index in [0.717, 1.165) is 18.5 Å². The normalized spacial score (nSPS) is 28.4. The first-order valence-electron chi connectivity index (χ1n) is 6.33. The fourth-order valence-corrected chi connectivity index (χ4v) is 3.71. The van der Waals surface area contributed by atoms with E-state index >= 15 is 0 Å². The lowest BCUT2D eigenvalue weighted by molar-refractivity contribution is 0.362. The van der Waals surface area contributed by atoms with Crippen molar-refractivity contribution in [2.75, 3.05) is 6.54 Å². The van der Waals surface area contributed by atoms with Crippen LogP contribution in [0.5, 0.6) is 0 Å². The summed E-state index contributed by atoms with van der Waals surface area (Å²) in [6.07, 6.45) is 3.88. The summed E-state index contributed by atoms with van der Waals surface area (Å²) in [7, 11) is 0. The van der Waals surface area contributed by atoms with Gasteiger partial charge >= 0.3 is 0 Å². The van der Waals surface area contributed by atoms with Gasteiger partial charge in [-0.3, -0.25) is 0 Å². The molecule has 0 saturated heterocycles. The maximum absolute atomic E-state index is 3.73. The van der Waals surface area contributed by atoms with Crippen molar-refractivity contribution in [1.82, 2.24) is 5.32 Å². The molecule has 1 aliphatic carbocycles. The minimum atomic E-state index is 0.542. The minimum absolute atomic E-state index is 0.542. The van der Waals surface area contributed by atoms with Gasteiger partial charge in [0.1, 0.15) is 0 Å². The van der Waals surface area contributed by atoms with E-state index in [9.17, 15) is 0 Å². The zero-order chi connectivity index (χ0) is 11.6. The highest BCUT2D eigenvalue weighted by Crippen LogP contribution is 2.40. The summed E-state index contributed by atoms with van der Waals surface area (Å²) in [5, 5.41) is 5.90. The Bertz CT molecular complexity index is 315. The van der Waals surface area contributed by atoms with Crippen molar-refractivity contribution >= 4 is 11.3 Å². The Balaban J connectivity index is 1.74. The van der Waals surface area contributed by atoms with Crippen LogP contribution in [0, 0.1) is 11.3 Å². The number of thiophene rings is 1. The molecule has 1 heterocycles. The van der Waals surface area contributed by atoms with E-state index in [1.54, 1.807) is 0 Å². The zero-order valence-corrected chi connectivity index (χ0v) is 11.4. The predicted molar refractivity (Wildman–Crippen MR) is 72.0 cm³/mol. The molecule has 16 heavy (non-hydrogen) atoms. The van der Waals surface area contributed by atoms with Gasteiger partial charge in [-0.2, -0.15) is 0 Å². The molecule has 2 heteroatoms. The van der Waals surface area contributed by atoms with Gasteiger partial charge < -0.3 is 5.32 Å². The highest BCUT2D eigenvalue weighted by molar-refractivity contribution is 7.09. The lowest BCUT2D eigenvalue weighted by Crippen LogP contribution is -2.33. The van der Waals surface area contributed by atoms with Crippen LogP contribution in [0.1, 0.15) is 38.5 Å². The molecule has 1 saturated carbocycles. The van der Waals surface area contributed by atoms with Gasteiger partial charge in [-0.05, 0) is 42.0 Å². The summed E-state index contributed by atoms with van der Waals surface area (Å²) in [6, 6.07) is 5.10. The molecule has 1 aromatic rings. The van der Waals surface area contributed by atoms with Crippen LogP contribution in [0.15, 0.2) is 17.5 Å². The Labute approximate surface area is 103 Å². The molecule has 0 amide bonds. The molecule has 1 aliphatic rings. The van der Waals surface area contributed by atoms with Gasteiger partial charge in [0.25, 0.3) is 0 Å². The first kappa shape index (κ1) is 12.1. The van der Waals surface area contributed by atoms with Gasteiger partial charge in [0.05, 0.1) is 0 Å². The predicted octanol–water partition coefficient (Wildman–Crippen LogP) is 3.70. The van der Waals surface area contributed by atoms with Crippen LogP contribution < -0.4 is 5.32 Å². The van der Waals surface area contributed by atoms with Crippen LogP contribution >= 0.6 is 11.3 Å². The second-order valence-electron chi connectivity index (χ2n) is 5.94. The van der Waals surface area contributed by atoms with E-state index in [1.807, 2.05) is 11.3 Å². The molecule has 0 aliphatic heterocycles. The Morgan fingerprint density at radius 3 is 2.81 bits per heavy atom. The van der Waals surface area contributed by atoms with Crippen molar-refractivity contribution in [2.45, 2.75) is 46.1 Å². The van der Waals surface area contributed by atoms with Gasteiger partial charge in [0, 0.05) is 17.5 Å². The van der Waals surface area contributed by atoms with Crippen LogP contribution in [0.4, 0.5) is 0 Å². The Hall–Kier alpha value is -0.340. The minimum Gasteiger partial charge on any atom is -0.313 e. The van der Waals surface area contributed by atoms with Crippen LogP contribution in [0.25, 0.3) is 0 Å². The van der Waals surface area contributed by atoms with Gasteiger partial charge in [-0.15, -0.1) is 11.3 Å².